The third kappa shape index (κ3) is 2.68. The number of hydrogen-bond acceptors (Lipinski definition) is 0. The van der Waals surface area contributed by atoms with Gasteiger partial charge in [0.1, 0.15) is 0 Å². The van der Waals surface area contributed by atoms with Gasteiger partial charge >= 0.3 is 0 Å². The summed E-state index contributed by atoms with van der Waals surface area (Å²) in [5.41, 5.74) is 5.52. The summed E-state index contributed by atoms with van der Waals surface area (Å²) in [6.07, 6.45) is 7.06. The Labute approximate surface area is 103 Å². The van der Waals surface area contributed by atoms with Crippen LogP contribution in [0.4, 0.5) is 0 Å². The van der Waals surface area contributed by atoms with Gasteiger partial charge in [-0.3, -0.25) is 0 Å². The third-order valence-electron chi connectivity index (χ3n) is 3.44. The third-order valence-corrected chi connectivity index (χ3v) is 3.78. The van der Waals surface area contributed by atoms with Gasteiger partial charge in [-0.1, -0.05) is 30.7 Å². The number of aryl methyl sites for hydroxylation is 2. The summed E-state index contributed by atoms with van der Waals surface area (Å²) in [6, 6.07) is 6.72. The molecule has 1 unspecified atom stereocenters. The molecule has 0 spiro atoms. The van der Waals surface area contributed by atoms with Crippen molar-refractivity contribution >= 4 is 17.2 Å². The molecule has 1 aliphatic rings. The van der Waals surface area contributed by atoms with Crippen LogP contribution in [0, 0.1) is 13.8 Å². The molecule has 0 aliphatic heterocycles. The number of halogens is 1. The number of hydrogen-bond donors (Lipinski definition) is 0. The van der Waals surface area contributed by atoms with E-state index in [0.29, 0.717) is 0 Å². The van der Waals surface area contributed by atoms with E-state index in [1.165, 1.54) is 41.5 Å². The maximum atomic E-state index is 6.26. The molecule has 0 fully saturated rings. The standard InChI is InChI=1S/C15H19Cl/c1-11-7-8-14(9-12(11)2)13-5-3-4-6-15(16)10-13/h7-10,15H,3-6H2,1-2H3. The van der Waals surface area contributed by atoms with E-state index in [-0.39, 0.29) is 5.38 Å². The number of allylic oxidation sites excluding steroid dienone is 2. The molecule has 0 saturated heterocycles. The molecule has 2 rings (SSSR count). The highest BCUT2D eigenvalue weighted by Crippen LogP contribution is 2.29. The monoisotopic (exact) mass is 234 g/mol. The predicted molar refractivity (Wildman–Crippen MR) is 72.0 cm³/mol. The summed E-state index contributed by atoms with van der Waals surface area (Å²) >= 11 is 6.26. The topological polar surface area (TPSA) is 0 Å². The summed E-state index contributed by atoms with van der Waals surface area (Å²) < 4.78 is 0. The second-order valence-corrected chi connectivity index (χ2v) is 5.31. The molecule has 1 aromatic carbocycles. The van der Waals surface area contributed by atoms with Gasteiger partial charge in [0.25, 0.3) is 0 Å². The van der Waals surface area contributed by atoms with Crippen LogP contribution in [0.2, 0.25) is 0 Å². The largest absolute Gasteiger partial charge is 0.118 e. The van der Waals surface area contributed by atoms with Gasteiger partial charge in [-0.25, -0.2) is 0 Å². The van der Waals surface area contributed by atoms with Crippen LogP contribution in [0.15, 0.2) is 24.3 Å². The molecule has 16 heavy (non-hydrogen) atoms. The highest BCUT2D eigenvalue weighted by Gasteiger charge is 2.11. The molecular formula is C15H19Cl. The van der Waals surface area contributed by atoms with Gasteiger partial charge < -0.3 is 0 Å². The van der Waals surface area contributed by atoms with Crippen molar-refractivity contribution in [3.8, 4) is 0 Å². The van der Waals surface area contributed by atoms with E-state index >= 15 is 0 Å². The fourth-order valence-electron chi connectivity index (χ4n) is 2.22. The smallest absolute Gasteiger partial charge is 0.0521 e. The fraction of sp³-hybridized carbons (Fsp3) is 0.467. The lowest BCUT2D eigenvalue weighted by atomic mass is 9.97. The van der Waals surface area contributed by atoms with Gasteiger partial charge in [0.15, 0.2) is 0 Å². The first-order valence-electron chi connectivity index (χ1n) is 6.09. The summed E-state index contributed by atoms with van der Waals surface area (Å²) in [4.78, 5) is 0. The first-order chi connectivity index (χ1) is 7.66. The lowest BCUT2D eigenvalue weighted by Crippen LogP contribution is -1.92. The van der Waals surface area contributed by atoms with E-state index in [4.69, 9.17) is 11.6 Å². The quantitative estimate of drug-likeness (QED) is 0.609. The highest BCUT2D eigenvalue weighted by molar-refractivity contribution is 6.22. The van der Waals surface area contributed by atoms with Gasteiger partial charge in [0.2, 0.25) is 0 Å². The van der Waals surface area contributed by atoms with Crippen LogP contribution >= 0.6 is 11.6 Å². The van der Waals surface area contributed by atoms with Crippen molar-refractivity contribution in [2.45, 2.75) is 44.9 Å². The Bertz CT molecular complexity index is 404. The van der Waals surface area contributed by atoms with E-state index in [0.717, 1.165) is 6.42 Å². The molecule has 1 heteroatoms. The Kier molecular flexibility index (Phi) is 3.70. The van der Waals surface area contributed by atoms with E-state index < -0.39 is 0 Å². The zero-order valence-corrected chi connectivity index (χ0v) is 10.8. The highest BCUT2D eigenvalue weighted by atomic mass is 35.5. The Morgan fingerprint density at radius 2 is 1.94 bits per heavy atom. The van der Waals surface area contributed by atoms with E-state index in [1.807, 2.05) is 0 Å². The van der Waals surface area contributed by atoms with Crippen LogP contribution in [0.25, 0.3) is 5.57 Å². The second kappa shape index (κ2) is 5.05. The zero-order valence-electron chi connectivity index (χ0n) is 10.1. The summed E-state index contributed by atoms with van der Waals surface area (Å²) in [7, 11) is 0. The van der Waals surface area contributed by atoms with Crippen molar-refractivity contribution in [3.05, 3.63) is 41.0 Å². The Hall–Kier alpha value is -0.750. The van der Waals surface area contributed by atoms with Crippen LogP contribution < -0.4 is 0 Å². The van der Waals surface area contributed by atoms with Crippen molar-refractivity contribution in [1.82, 2.24) is 0 Å². The van der Waals surface area contributed by atoms with Crippen molar-refractivity contribution < 1.29 is 0 Å². The SMILES string of the molecule is Cc1ccc(C2=CC(Cl)CCCC2)cc1C. The molecular weight excluding hydrogens is 216 g/mol. The number of alkyl halides is 1. The van der Waals surface area contributed by atoms with Gasteiger partial charge in [-0.05, 0) is 55.4 Å². The maximum absolute atomic E-state index is 6.26. The first-order valence-corrected chi connectivity index (χ1v) is 6.53. The summed E-state index contributed by atoms with van der Waals surface area (Å²) in [6.45, 7) is 4.33. The summed E-state index contributed by atoms with van der Waals surface area (Å²) in [5, 5.41) is 0.221. The zero-order chi connectivity index (χ0) is 11.5. The molecule has 0 saturated carbocycles. The average molecular weight is 235 g/mol. The molecule has 1 atom stereocenters. The molecule has 0 heterocycles. The minimum Gasteiger partial charge on any atom is -0.118 e. The molecule has 0 bridgehead atoms. The van der Waals surface area contributed by atoms with Gasteiger partial charge in [0, 0.05) is 0 Å². The van der Waals surface area contributed by atoms with Crippen LogP contribution in [0.1, 0.15) is 42.4 Å². The average Bonchev–Trinajstić information content (AvgIpc) is 2.47. The molecule has 0 aromatic heterocycles. The van der Waals surface area contributed by atoms with Crippen molar-refractivity contribution in [2.24, 2.45) is 0 Å². The Morgan fingerprint density at radius 1 is 1.12 bits per heavy atom. The van der Waals surface area contributed by atoms with Crippen LogP contribution in [0.3, 0.4) is 0 Å². The Morgan fingerprint density at radius 3 is 2.69 bits per heavy atom. The van der Waals surface area contributed by atoms with E-state index in [9.17, 15) is 0 Å². The fourth-order valence-corrected chi connectivity index (χ4v) is 2.53. The van der Waals surface area contributed by atoms with Crippen molar-refractivity contribution in [1.29, 1.82) is 0 Å². The Balaban J connectivity index is 2.31. The molecule has 0 radical (unpaired) electrons. The molecule has 0 amide bonds. The van der Waals surface area contributed by atoms with E-state index in [2.05, 4.69) is 38.1 Å². The van der Waals surface area contributed by atoms with Crippen molar-refractivity contribution in [2.75, 3.05) is 0 Å². The van der Waals surface area contributed by atoms with Crippen molar-refractivity contribution in [3.63, 3.8) is 0 Å². The molecule has 1 aromatic rings. The van der Waals surface area contributed by atoms with Gasteiger partial charge in [-0.2, -0.15) is 0 Å². The molecule has 0 nitrogen and oxygen atoms in total. The van der Waals surface area contributed by atoms with Crippen LogP contribution in [0.5, 0.6) is 0 Å². The van der Waals surface area contributed by atoms with Gasteiger partial charge in [0.05, 0.1) is 5.38 Å². The lowest BCUT2D eigenvalue weighted by molar-refractivity contribution is 0.724. The lowest BCUT2D eigenvalue weighted by Gasteiger charge is -2.09. The van der Waals surface area contributed by atoms with Crippen LogP contribution in [-0.4, -0.2) is 5.38 Å². The predicted octanol–water partition coefficient (Wildman–Crippen LogP) is 4.87. The normalized spacial score (nSPS) is 21.4. The first kappa shape index (κ1) is 11.7. The maximum Gasteiger partial charge on any atom is 0.0521 e. The minimum absolute atomic E-state index is 0.221. The summed E-state index contributed by atoms with van der Waals surface area (Å²) in [5.74, 6) is 0. The van der Waals surface area contributed by atoms with E-state index in [1.54, 1.807) is 0 Å². The molecule has 1 aliphatic carbocycles. The molecule has 0 N–H and O–H groups in total. The van der Waals surface area contributed by atoms with Gasteiger partial charge in [-0.15, -0.1) is 11.6 Å². The number of benzene rings is 1. The number of rotatable bonds is 1. The van der Waals surface area contributed by atoms with Crippen LogP contribution in [-0.2, 0) is 0 Å². The molecule has 86 valence electrons. The second-order valence-electron chi connectivity index (χ2n) is 4.75. The minimum atomic E-state index is 0.221.